The average molecular weight is 320 g/mol. The minimum Gasteiger partial charge on any atom is -0.299 e. The molecule has 0 bridgehead atoms. The second kappa shape index (κ2) is 7.87. The Bertz CT molecular complexity index is 723. The minimum absolute atomic E-state index is 0.0957. The number of carbonyl (C=O) groups excluding carboxylic acids is 2. The summed E-state index contributed by atoms with van der Waals surface area (Å²) in [5.41, 5.74) is 4.40. The first kappa shape index (κ1) is 17.9. The van der Waals surface area contributed by atoms with Gasteiger partial charge >= 0.3 is 0 Å². The number of carbonyl (C=O) groups is 2. The summed E-state index contributed by atoms with van der Waals surface area (Å²) in [7, 11) is 0. The van der Waals surface area contributed by atoms with E-state index in [4.69, 9.17) is 0 Å². The summed E-state index contributed by atoms with van der Waals surface area (Å²) in [5.74, 6) is -1.08. The smallest absolute Gasteiger partial charge is 0.141 e. The average Bonchev–Trinajstić information content (AvgIpc) is 2.53. The number of rotatable bonds is 6. The third kappa shape index (κ3) is 4.51. The lowest BCUT2D eigenvalue weighted by molar-refractivity contribution is -0.130. The van der Waals surface area contributed by atoms with Crippen molar-refractivity contribution >= 4 is 17.6 Å². The van der Waals surface area contributed by atoms with Crippen molar-refractivity contribution in [2.45, 2.75) is 33.6 Å². The predicted molar refractivity (Wildman–Crippen MR) is 99.0 cm³/mol. The van der Waals surface area contributed by atoms with Gasteiger partial charge in [-0.15, -0.1) is 0 Å². The van der Waals surface area contributed by atoms with Gasteiger partial charge in [-0.05, 0) is 38.8 Å². The zero-order chi connectivity index (χ0) is 17.7. The molecule has 0 spiro atoms. The first-order chi connectivity index (χ1) is 11.4. The second-order valence-electron chi connectivity index (χ2n) is 6.41. The zero-order valence-electron chi connectivity index (χ0n) is 14.7. The van der Waals surface area contributed by atoms with Crippen LogP contribution in [0.4, 0.5) is 0 Å². The van der Waals surface area contributed by atoms with Crippen LogP contribution in [0, 0.1) is 19.8 Å². The Balaban J connectivity index is 2.41. The van der Waals surface area contributed by atoms with E-state index in [1.165, 1.54) is 19.4 Å². The number of allylic oxidation sites excluding steroid dienone is 1. The number of hydrogen-bond acceptors (Lipinski definition) is 2. The maximum absolute atomic E-state index is 12.1. The van der Waals surface area contributed by atoms with E-state index in [0.29, 0.717) is 0 Å². The molecule has 0 amide bonds. The van der Waals surface area contributed by atoms with Crippen molar-refractivity contribution in [2.24, 2.45) is 5.92 Å². The lowest BCUT2D eigenvalue weighted by Crippen LogP contribution is -2.26. The van der Waals surface area contributed by atoms with Crippen molar-refractivity contribution in [1.29, 1.82) is 0 Å². The van der Waals surface area contributed by atoms with Gasteiger partial charge in [0.2, 0.25) is 0 Å². The number of ketones is 2. The summed E-state index contributed by atoms with van der Waals surface area (Å²) in [6, 6.07) is 16.2. The molecule has 0 aromatic heterocycles. The monoisotopic (exact) mass is 320 g/mol. The van der Waals surface area contributed by atoms with Crippen molar-refractivity contribution in [1.82, 2.24) is 0 Å². The molecule has 0 heterocycles. The third-order valence-corrected chi connectivity index (χ3v) is 4.27. The normalized spacial score (nSPS) is 12.5. The molecule has 2 aromatic carbocycles. The second-order valence-corrected chi connectivity index (χ2v) is 6.41. The largest absolute Gasteiger partial charge is 0.299 e. The molecule has 2 rings (SSSR count). The molecule has 1 unspecified atom stereocenters. The third-order valence-electron chi connectivity index (χ3n) is 4.27. The Kier molecular flexibility index (Phi) is 5.86. The molecule has 0 saturated carbocycles. The Labute approximate surface area is 144 Å². The van der Waals surface area contributed by atoms with Gasteiger partial charge in [0.05, 0.1) is 5.92 Å². The van der Waals surface area contributed by atoms with E-state index >= 15 is 0 Å². The molecule has 0 aliphatic rings. The molecule has 0 radical (unpaired) electrons. The van der Waals surface area contributed by atoms with Crippen LogP contribution >= 0.6 is 0 Å². The van der Waals surface area contributed by atoms with E-state index in [1.54, 1.807) is 0 Å². The molecule has 124 valence electrons. The molecule has 2 heteroatoms. The van der Waals surface area contributed by atoms with Gasteiger partial charge in [-0.1, -0.05) is 71.8 Å². The van der Waals surface area contributed by atoms with Gasteiger partial charge in [-0.3, -0.25) is 9.59 Å². The van der Waals surface area contributed by atoms with Gasteiger partial charge in [-0.25, -0.2) is 0 Å². The molecule has 0 fully saturated rings. The van der Waals surface area contributed by atoms with Crippen LogP contribution in [0.25, 0.3) is 6.08 Å². The highest BCUT2D eigenvalue weighted by atomic mass is 16.1. The Hall–Kier alpha value is -2.48. The first-order valence-corrected chi connectivity index (χ1v) is 8.21. The fourth-order valence-electron chi connectivity index (χ4n) is 2.89. The van der Waals surface area contributed by atoms with Crippen LogP contribution in [-0.2, 0) is 9.59 Å². The van der Waals surface area contributed by atoms with Crippen LogP contribution in [0.15, 0.2) is 54.6 Å². The van der Waals surface area contributed by atoms with Crippen LogP contribution < -0.4 is 0 Å². The lowest BCUT2D eigenvalue weighted by Gasteiger charge is -2.21. The molecule has 0 aliphatic heterocycles. The van der Waals surface area contributed by atoms with Gasteiger partial charge in [0.1, 0.15) is 11.6 Å². The summed E-state index contributed by atoms with van der Waals surface area (Å²) in [6.07, 6.45) is 3.96. The highest BCUT2D eigenvalue weighted by molar-refractivity contribution is 6.01. The fraction of sp³-hybridized carbons (Fsp3) is 0.273. The highest BCUT2D eigenvalue weighted by Gasteiger charge is 2.29. The van der Waals surface area contributed by atoms with E-state index in [0.717, 1.165) is 16.7 Å². The SMILES string of the molecule is CC(=O)C(C(C)=O)C(/C=C/c1ccc(C)cc1)c1ccc(C)cc1. The lowest BCUT2D eigenvalue weighted by atomic mass is 9.80. The molecular formula is C22H24O2. The van der Waals surface area contributed by atoms with Gasteiger partial charge in [0.15, 0.2) is 0 Å². The van der Waals surface area contributed by atoms with Crippen LogP contribution in [-0.4, -0.2) is 11.6 Å². The Morgan fingerprint density at radius 3 is 1.71 bits per heavy atom. The van der Waals surface area contributed by atoms with Crippen LogP contribution in [0.1, 0.15) is 42.0 Å². The zero-order valence-corrected chi connectivity index (χ0v) is 14.7. The molecule has 2 aromatic rings. The van der Waals surface area contributed by atoms with Crippen LogP contribution in [0.3, 0.4) is 0 Å². The van der Waals surface area contributed by atoms with Gasteiger partial charge in [-0.2, -0.15) is 0 Å². The van der Waals surface area contributed by atoms with Crippen molar-refractivity contribution in [3.05, 3.63) is 76.9 Å². The van der Waals surface area contributed by atoms with Gasteiger partial charge < -0.3 is 0 Å². The van der Waals surface area contributed by atoms with Crippen molar-refractivity contribution in [3.63, 3.8) is 0 Å². The molecule has 1 atom stereocenters. The van der Waals surface area contributed by atoms with E-state index in [9.17, 15) is 9.59 Å². The van der Waals surface area contributed by atoms with E-state index in [1.807, 2.05) is 74.5 Å². The van der Waals surface area contributed by atoms with Crippen molar-refractivity contribution in [3.8, 4) is 0 Å². The van der Waals surface area contributed by atoms with Gasteiger partial charge in [0, 0.05) is 5.92 Å². The molecular weight excluding hydrogens is 296 g/mol. The maximum Gasteiger partial charge on any atom is 0.141 e. The topological polar surface area (TPSA) is 34.1 Å². The summed E-state index contributed by atoms with van der Waals surface area (Å²) >= 11 is 0. The Morgan fingerprint density at radius 1 is 0.792 bits per heavy atom. The molecule has 24 heavy (non-hydrogen) atoms. The molecule has 0 aliphatic carbocycles. The van der Waals surface area contributed by atoms with Crippen LogP contribution in [0.2, 0.25) is 0 Å². The minimum atomic E-state index is -0.644. The van der Waals surface area contributed by atoms with E-state index in [2.05, 4.69) is 0 Å². The first-order valence-electron chi connectivity index (χ1n) is 8.21. The molecule has 0 saturated heterocycles. The number of hydrogen-bond donors (Lipinski definition) is 0. The maximum atomic E-state index is 12.1. The van der Waals surface area contributed by atoms with Crippen LogP contribution in [0.5, 0.6) is 0 Å². The molecule has 2 nitrogen and oxygen atoms in total. The highest BCUT2D eigenvalue weighted by Crippen LogP contribution is 2.29. The summed E-state index contributed by atoms with van der Waals surface area (Å²) < 4.78 is 0. The fourth-order valence-corrected chi connectivity index (χ4v) is 2.89. The number of aryl methyl sites for hydroxylation is 2. The van der Waals surface area contributed by atoms with E-state index in [-0.39, 0.29) is 17.5 Å². The standard InChI is InChI=1S/C22H24O2/c1-15-5-9-19(10-6-15)11-14-21(22(17(3)23)18(4)24)20-12-7-16(2)8-13-20/h5-14,21-22H,1-4H3/b14-11+. The Morgan fingerprint density at radius 2 is 1.25 bits per heavy atom. The molecule has 0 N–H and O–H groups in total. The van der Waals surface area contributed by atoms with Crippen molar-refractivity contribution < 1.29 is 9.59 Å². The van der Waals surface area contributed by atoms with Crippen molar-refractivity contribution in [2.75, 3.05) is 0 Å². The summed E-state index contributed by atoms with van der Waals surface area (Å²) in [6.45, 7) is 7.05. The number of Topliss-reactive ketones (excluding diaryl/α,β-unsaturated/α-hetero) is 2. The summed E-state index contributed by atoms with van der Waals surface area (Å²) in [4.78, 5) is 24.1. The van der Waals surface area contributed by atoms with Gasteiger partial charge in [0.25, 0.3) is 0 Å². The van der Waals surface area contributed by atoms with E-state index < -0.39 is 5.92 Å². The summed E-state index contributed by atoms with van der Waals surface area (Å²) in [5, 5.41) is 0. The number of benzene rings is 2. The predicted octanol–water partition coefficient (Wildman–Crippen LogP) is 4.89. The quantitative estimate of drug-likeness (QED) is 0.710.